The number of hydrogen-bond donors (Lipinski definition) is 1. The van der Waals surface area contributed by atoms with Gasteiger partial charge >= 0.3 is 0 Å². The molecule has 0 radical (unpaired) electrons. The quantitative estimate of drug-likeness (QED) is 0.157. The molecule has 0 bridgehead atoms. The van der Waals surface area contributed by atoms with E-state index < -0.39 is 0 Å². The molecule has 9 aromatic carbocycles. The molecule has 294 valence electrons. The molecule has 0 spiro atoms. The molecule has 1 heterocycles. The third-order valence-corrected chi connectivity index (χ3v) is 11.7. The van der Waals surface area contributed by atoms with Gasteiger partial charge in [-0.05, 0) is 117 Å². The van der Waals surface area contributed by atoms with Gasteiger partial charge in [-0.3, -0.25) is 0 Å². The van der Waals surface area contributed by atoms with Crippen LogP contribution in [0.1, 0.15) is 26.3 Å². The number of para-hydroxylation sites is 2. The van der Waals surface area contributed by atoms with E-state index in [2.05, 4.69) is 260 Å². The molecule has 1 N–H and O–H groups in total. The molecule has 1 aromatic heterocycles. The van der Waals surface area contributed by atoms with Crippen molar-refractivity contribution in [2.45, 2.75) is 26.2 Å². The van der Waals surface area contributed by atoms with Crippen molar-refractivity contribution in [3.63, 3.8) is 0 Å². The molecule has 0 atom stereocenters. The summed E-state index contributed by atoms with van der Waals surface area (Å²) in [6, 6.07) is 81.1. The molecule has 0 saturated heterocycles. The molecule has 10 rings (SSSR count). The Morgan fingerprint density at radius 2 is 0.836 bits per heavy atom. The summed E-state index contributed by atoms with van der Waals surface area (Å²) >= 11 is 0. The topological polar surface area (TPSA) is 20.2 Å². The number of anilines is 5. The summed E-state index contributed by atoms with van der Waals surface area (Å²) in [6.45, 7) is 6.80. The number of benzene rings is 9. The Bertz CT molecular complexity index is 2970. The minimum Gasteiger partial charge on any atom is -0.355 e. The second-order valence-corrected chi connectivity index (χ2v) is 16.8. The fourth-order valence-corrected chi connectivity index (χ4v) is 8.55. The normalized spacial score (nSPS) is 11.5. The monoisotopic (exact) mass is 785 g/mol. The first-order valence-corrected chi connectivity index (χ1v) is 21.1. The van der Waals surface area contributed by atoms with Gasteiger partial charge in [-0.15, -0.1) is 0 Å². The van der Waals surface area contributed by atoms with Crippen LogP contribution < -0.4 is 10.2 Å². The Hall–Kier alpha value is -7.62. The smallest absolute Gasteiger partial charge is 0.0541 e. The Kier molecular flexibility index (Phi) is 9.78. The minimum atomic E-state index is 0.0586. The van der Waals surface area contributed by atoms with E-state index in [1.807, 2.05) is 0 Å². The van der Waals surface area contributed by atoms with Gasteiger partial charge in [0.15, 0.2) is 0 Å². The zero-order valence-corrected chi connectivity index (χ0v) is 34.8. The van der Waals surface area contributed by atoms with Gasteiger partial charge in [0, 0.05) is 44.9 Å². The molecule has 10 aromatic rings. The van der Waals surface area contributed by atoms with Gasteiger partial charge in [0.05, 0.1) is 11.0 Å². The first-order chi connectivity index (χ1) is 29.9. The van der Waals surface area contributed by atoms with Crippen molar-refractivity contribution in [3.8, 4) is 39.1 Å². The van der Waals surface area contributed by atoms with Crippen molar-refractivity contribution in [1.82, 2.24) is 4.57 Å². The summed E-state index contributed by atoms with van der Waals surface area (Å²) in [5.74, 6) is 0. The lowest BCUT2D eigenvalue weighted by molar-refractivity contribution is 0.590. The second-order valence-electron chi connectivity index (χ2n) is 16.8. The van der Waals surface area contributed by atoms with Crippen molar-refractivity contribution in [1.29, 1.82) is 0 Å². The minimum absolute atomic E-state index is 0.0586. The SMILES string of the molecule is CC(C)(C)c1ccc(-c2cc(Nc3cccc(-n4c5ccccc5c5ccccc54)c3)cc(N(c3ccc(-c4ccccc4)cc3)c3ccc(-c4ccccc4)cc3)c2)cc1. The van der Waals surface area contributed by atoms with Crippen LogP contribution in [0, 0.1) is 0 Å². The maximum atomic E-state index is 3.87. The summed E-state index contributed by atoms with van der Waals surface area (Å²) in [4.78, 5) is 2.37. The van der Waals surface area contributed by atoms with Crippen LogP contribution in [0.15, 0.2) is 224 Å². The Morgan fingerprint density at radius 3 is 1.38 bits per heavy atom. The van der Waals surface area contributed by atoms with E-state index in [0.717, 1.165) is 45.3 Å². The Labute approximate surface area is 358 Å². The number of nitrogens with zero attached hydrogens (tertiary/aromatic N) is 2. The second kappa shape index (κ2) is 15.9. The molecule has 3 nitrogen and oxygen atoms in total. The van der Waals surface area contributed by atoms with Gasteiger partial charge in [-0.25, -0.2) is 0 Å². The number of fused-ring (bicyclic) bond motifs is 3. The van der Waals surface area contributed by atoms with Crippen molar-refractivity contribution in [3.05, 3.63) is 230 Å². The highest BCUT2D eigenvalue weighted by Gasteiger charge is 2.18. The molecular formula is C58H47N3. The van der Waals surface area contributed by atoms with Crippen LogP contribution in [0.4, 0.5) is 28.4 Å². The molecule has 0 fully saturated rings. The summed E-state index contributed by atoms with van der Waals surface area (Å²) in [6.07, 6.45) is 0. The lowest BCUT2D eigenvalue weighted by Gasteiger charge is -2.27. The first-order valence-electron chi connectivity index (χ1n) is 21.1. The zero-order chi connectivity index (χ0) is 41.3. The Morgan fingerprint density at radius 1 is 0.361 bits per heavy atom. The first kappa shape index (κ1) is 37.6. The molecule has 3 heteroatoms. The number of aromatic nitrogens is 1. The Balaban J connectivity index is 1.11. The summed E-state index contributed by atoms with van der Waals surface area (Å²) in [5.41, 5.74) is 17.1. The van der Waals surface area contributed by atoms with Gasteiger partial charge < -0.3 is 14.8 Å². The maximum Gasteiger partial charge on any atom is 0.0541 e. The van der Waals surface area contributed by atoms with Gasteiger partial charge in [-0.1, -0.05) is 172 Å². The largest absolute Gasteiger partial charge is 0.355 e. The number of rotatable bonds is 9. The fraction of sp³-hybridized carbons (Fsp3) is 0.0690. The summed E-state index contributed by atoms with van der Waals surface area (Å²) in [5, 5.41) is 6.37. The molecule has 0 aliphatic carbocycles. The van der Waals surface area contributed by atoms with Gasteiger partial charge in [0.2, 0.25) is 0 Å². The molecule has 0 aliphatic heterocycles. The van der Waals surface area contributed by atoms with E-state index in [4.69, 9.17) is 0 Å². The predicted octanol–water partition coefficient (Wildman–Crippen LogP) is 16.3. The molecule has 61 heavy (non-hydrogen) atoms. The zero-order valence-electron chi connectivity index (χ0n) is 34.8. The van der Waals surface area contributed by atoms with Crippen LogP contribution in [0.25, 0.3) is 60.9 Å². The fourth-order valence-electron chi connectivity index (χ4n) is 8.55. The summed E-state index contributed by atoms with van der Waals surface area (Å²) < 4.78 is 2.37. The van der Waals surface area contributed by atoms with Crippen molar-refractivity contribution in [2.75, 3.05) is 10.2 Å². The summed E-state index contributed by atoms with van der Waals surface area (Å²) in [7, 11) is 0. The van der Waals surface area contributed by atoms with E-state index in [-0.39, 0.29) is 5.41 Å². The van der Waals surface area contributed by atoms with Gasteiger partial charge in [-0.2, -0.15) is 0 Å². The van der Waals surface area contributed by atoms with Crippen LogP contribution in [-0.2, 0) is 5.41 Å². The average molecular weight is 786 g/mol. The molecular weight excluding hydrogens is 739 g/mol. The highest BCUT2D eigenvalue weighted by molar-refractivity contribution is 6.09. The van der Waals surface area contributed by atoms with Crippen molar-refractivity contribution in [2.24, 2.45) is 0 Å². The van der Waals surface area contributed by atoms with Crippen LogP contribution in [0.5, 0.6) is 0 Å². The molecule has 0 aliphatic rings. The van der Waals surface area contributed by atoms with E-state index in [0.29, 0.717) is 0 Å². The van der Waals surface area contributed by atoms with E-state index >= 15 is 0 Å². The standard InChI is InChI=1S/C58H47N3/c1-58(2,3)47-31-25-45(26-32-47)46-37-49(59-48-19-14-20-52(39-48)61-56-23-12-10-21-54(56)55-22-11-13-24-57(55)61)40-53(38-46)60(50-33-27-43(28-34-50)41-15-6-4-7-16-41)51-35-29-44(30-36-51)42-17-8-5-9-18-42/h4-40,59H,1-3H3. The van der Waals surface area contributed by atoms with Gasteiger partial charge in [0.25, 0.3) is 0 Å². The number of hydrogen-bond acceptors (Lipinski definition) is 2. The van der Waals surface area contributed by atoms with Crippen LogP contribution in [-0.4, -0.2) is 4.57 Å². The van der Waals surface area contributed by atoms with Crippen molar-refractivity contribution < 1.29 is 0 Å². The maximum absolute atomic E-state index is 3.87. The molecule has 0 saturated carbocycles. The van der Waals surface area contributed by atoms with Crippen LogP contribution >= 0.6 is 0 Å². The average Bonchev–Trinajstić information content (AvgIpc) is 3.64. The third-order valence-electron chi connectivity index (χ3n) is 11.7. The van der Waals surface area contributed by atoms with Gasteiger partial charge in [0.1, 0.15) is 0 Å². The third kappa shape index (κ3) is 7.59. The molecule has 0 amide bonds. The highest BCUT2D eigenvalue weighted by Crippen LogP contribution is 2.41. The predicted molar refractivity (Wildman–Crippen MR) is 260 cm³/mol. The van der Waals surface area contributed by atoms with E-state index in [9.17, 15) is 0 Å². The van der Waals surface area contributed by atoms with Crippen LogP contribution in [0.3, 0.4) is 0 Å². The van der Waals surface area contributed by atoms with Crippen molar-refractivity contribution >= 4 is 50.2 Å². The lowest BCUT2D eigenvalue weighted by Crippen LogP contribution is -2.11. The molecule has 0 unspecified atom stereocenters. The number of nitrogens with one attached hydrogen (secondary N) is 1. The van der Waals surface area contributed by atoms with Crippen LogP contribution in [0.2, 0.25) is 0 Å². The van der Waals surface area contributed by atoms with E-state index in [1.54, 1.807) is 0 Å². The highest BCUT2D eigenvalue weighted by atomic mass is 15.1. The van der Waals surface area contributed by atoms with E-state index in [1.165, 1.54) is 49.6 Å². The lowest BCUT2D eigenvalue weighted by atomic mass is 9.86.